The van der Waals surface area contributed by atoms with E-state index >= 15 is 0 Å². The molecule has 1 aromatic heterocycles. The van der Waals surface area contributed by atoms with Gasteiger partial charge in [-0.1, -0.05) is 6.07 Å². The highest BCUT2D eigenvalue weighted by atomic mass is 19.1. The average Bonchev–Trinajstić information content (AvgIpc) is 3.25. The zero-order chi connectivity index (χ0) is 21.2. The number of nitrogens with zero attached hydrogens (tertiary/aromatic N) is 5. The summed E-state index contributed by atoms with van der Waals surface area (Å²) < 4.78 is 29.9. The first-order valence-corrected chi connectivity index (χ1v) is 10.7. The maximum absolute atomic E-state index is 14.0. The molecule has 0 radical (unpaired) electrons. The molecule has 164 valence electrons. The van der Waals surface area contributed by atoms with Gasteiger partial charge in [-0.3, -0.25) is 9.89 Å². The van der Waals surface area contributed by atoms with Crippen LogP contribution in [0, 0.1) is 11.6 Å². The summed E-state index contributed by atoms with van der Waals surface area (Å²) in [5.41, 5.74) is 0.145. The summed E-state index contributed by atoms with van der Waals surface area (Å²) >= 11 is 0. The summed E-state index contributed by atoms with van der Waals surface area (Å²) in [5.74, 6) is -0.163. The Balaban J connectivity index is 1.47. The van der Waals surface area contributed by atoms with Gasteiger partial charge >= 0.3 is 0 Å². The Hall–Kier alpha value is -2.55. The lowest BCUT2D eigenvalue weighted by atomic mass is 10.0. The Labute approximate surface area is 176 Å². The standard InChI is InChI=1S/C21H31F2N7/c1-2-24-21(25-10-3-4-11-30-15-26-27-16-30)28-17-7-6-12-29(13-17)14-18-19(22)8-5-9-20(18)23/h5,8-9,15-17H,2-4,6-7,10-14H2,1H3,(H2,24,25,28). The lowest BCUT2D eigenvalue weighted by Gasteiger charge is -2.34. The highest BCUT2D eigenvalue weighted by Crippen LogP contribution is 2.18. The minimum atomic E-state index is -0.480. The first kappa shape index (κ1) is 22.1. The van der Waals surface area contributed by atoms with Crippen molar-refractivity contribution in [3.05, 3.63) is 48.1 Å². The van der Waals surface area contributed by atoms with E-state index in [1.807, 2.05) is 11.5 Å². The second-order valence-electron chi connectivity index (χ2n) is 7.59. The Morgan fingerprint density at radius 2 is 1.97 bits per heavy atom. The van der Waals surface area contributed by atoms with Gasteiger partial charge in [0.15, 0.2) is 5.96 Å². The van der Waals surface area contributed by atoms with Crippen LogP contribution in [0.1, 0.15) is 38.2 Å². The van der Waals surface area contributed by atoms with Gasteiger partial charge in [-0.05, 0) is 51.3 Å². The molecule has 1 saturated heterocycles. The zero-order valence-electron chi connectivity index (χ0n) is 17.5. The van der Waals surface area contributed by atoms with E-state index in [2.05, 4.69) is 30.7 Å². The van der Waals surface area contributed by atoms with Gasteiger partial charge in [-0.25, -0.2) is 8.78 Å². The van der Waals surface area contributed by atoms with Crippen LogP contribution in [0.3, 0.4) is 0 Å². The van der Waals surface area contributed by atoms with Crippen LogP contribution in [-0.2, 0) is 13.1 Å². The predicted octanol–water partition coefficient (Wildman–Crippen LogP) is 2.56. The molecule has 7 nitrogen and oxygen atoms in total. The molecule has 1 unspecified atom stereocenters. The molecule has 2 N–H and O–H groups in total. The number of guanidine groups is 1. The molecule has 3 rings (SSSR count). The summed E-state index contributed by atoms with van der Waals surface area (Å²) in [4.78, 5) is 6.78. The summed E-state index contributed by atoms with van der Waals surface area (Å²) in [7, 11) is 0. The van der Waals surface area contributed by atoms with E-state index in [1.54, 1.807) is 12.7 Å². The van der Waals surface area contributed by atoms with Crippen molar-refractivity contribution in [3.63, 3.8) is 0 Å². The number of unbranched alkanes of at least 4 members (excludes halogenated alkanes) is 1. The topological polar surface area (TPSA) is 70.4 Å². The monoisotopic (exact) mass is 419 g/mol. The van der Waals surface area contributed by atoms with Crippen LogP contribution >= 0.6 is 0 Å². The summed E-state index contributed by atoms with van der Waals surface area (Å²) in [6.07, 6.45) is 7.40. The lowest BCUT2D eigenvalue weighted by molar-refractivity contribution is 0.188. The number of aliphatic imine (C=N–C) groups is 1. The Morgan fingerprint density at radius 1 is 1.20 bits per heavy atom. The third-order valence-corrected chi connectivity index (χ3v) is 5.19. The van der Waals surface area contributed by atoms with Gasteiger partial charge in [0.05, 0.1) is 0 Å². The summed E-state index contributed by atoms with van der Waals surface area (Å²) in [6.45, 7) is 6.29. The molecule has 1 aliphatic rings. The molecule has 1 fully saturated rings. The summed E-state index contributed by atoms with van der Waals surface area (Å²) in [5, 5.41) is 14.4. The van der Waals surface area contributed by atoms with Crippen LogP contribution in [0.25, 0.3) is 0 Å². The maximum Gasteiger partial charge on any atom is 0.191 e. The number of rotatable bonds is 9. The number of hydrogen-bond acceptors (Lipinski definition) is 4. The number of likely N-dealkylation sites (tertiary alicyclic amines) is 1. The third-order valence-electron chi connectivity index (χ3n) is 5.19. The van der Waals surface area contributed by atoms with Gasteiger partial charge in [0.1, 0.15) is 24.3 Å². The van der Waals surface area contributed by atoms with Gasteiger partial charge in [0.25, 0.3) is 0 Å². The molecule has 2 aromatic rings. The predicted molar refractivity (Wildman–Crippen MR) is 113 cm³/mol. The molecule has 9 heteroatoms. The minimum absolute atomic E-state index is 0.145. The molecule has 0 spiro atoms. The van der Waals surface area contributed by atoms with Crippen LogP contribution in [0.5, 0.6) is 0 Å². The van der Waals surface area contributed by atoms with Crippen LogP contribution in [-0.4, -0.2) is 57.8 Å². The van der Waals surface area contributed by atoms with E-state index in [0.29, 0.717) is 0 Å². The van der Waals surface area contributed by atoms with Gasteiger partial charge in [-0.15, -0.1) is 10.2 Å². The SMILES string of the molecule is CCNC(=NCCCCn1cnnc1)NC1CCCN(Cc2c(F)cccc2F)C1. The molecular weight excluding hydrogens is 388 g/mol. The largest absolute Gasteiger partial charge is 0.357 e. The summed E-state index contributed by atoms with van der Waals surface area (Å²) in [6, 6.07) is 4.23. The first-order valence-electron chi connectivity index (χ1n) is 10.7. The first-order chi connectivity index (χ1) is 14.7. The number of piperidine rings is 1. The maximum atomic E-state index is 14.0. The molecule has 30 heavy (non-hydrogen) atoms. The molecular formula is C21H31F2N7. The zero-order valence-corrected chi connectivity index (χ0v) is 17.5. The third kappa shape index (κ3) is 6.76. The molecule has 1 atom stereocenters. The Kier molecular flexibility index (Phi) is 8.55. The lowest BCUT2D eigenvalue weighted by Crippen LogP contribution is -2.51. The number of aromatic nitrogens is 3. The average molecular weight is 420 g/mol. The fourth-order valence-corrected chi connectivity index (χ4v) is 3.67. The van der Waals surface area contributed by atoms with Gasteiger partial charge in [-0.2, -0.15) is 0 Å². The van der Waals surface area contributed by atoms with E-state index in [4.69, 9.17) is 0 Å². The highest BCUT2D eigenvalue weighted by Gasteiger charge is 2.22. The van der Waals surface area contributed by atoms with Crippen molar-refractivity contribution >= 4 is 5.96 Å². The number of benzene rings is 1. The van der Waals surface area contributed by atoms with E-state index in [9.17, 15) is 8.78 Å². The number of nitrogens with one attached hydrogen (secondary N) is 2. The second-order valence-corrected chi connectivity index (χ2v) is 7.59. The van der Waals surface area contributed by atoms with E-state index in [1.165, 1.54) is 18.2 Å². The number of aryl methyl sites for hydroxylation is 1. The van der Waals surface area contributed by atoms with Crippen molar-refractivity contribution in [1.29, 1.82) is 0 Å². The van der Waals surface area contributed by atoms with Crippen LogP contribution in [0.2, 0.25) is 0 Å². The minimum Gasteiger partial charge on any atom is -0.357 e. The number of halogens is 2. The molecule has 0 aliphatic carbocycles. The number of hydrogen-bond donors (Lipinski definition) is 2. The molecule has 0 bridgehead atoms. The van der Waals surface area contributed by atoms with Crippen LogP contribution < -0.4 is 10.6 Å². The van der Waals surface area contributed by atoms with Gasteiger partial charge in [0, 0.05) is 44.3 Å². The van der Waals surface area contributed by atoms with Crippen LogP contribution in [0.4, 0.5) is 8.78 Å². The van der Waals surface area contributed by atoms with Crippen molar-refractivity contribution in [1.82, 2.24) is 30.3 Å². The molecule has 0 amide bonds. The fourth-order valence-electron chi connectivity index (χ4n) is 3.67. The molecule has 2 heterocycles. The van der Waals surface area contributed by atoms with Crippen molar-refractivity contribution in [2.45, 2.75) is 51.7 Å². The smallest absolute Gasteiger partial charge is 0.191 e. The normalized spacial score (nSPS) is 17.8. The van der Waals surface area contributed by atoms with Crippen molar-refractivity contribution in [2.24, 2.45) is 4.99 Å². The second kappa shape index (κ2) is 11.6. The van der Waals surface area contributed by atoms with Crippen molar-refractivity contribution in [3.8, 4) is 0 Å². The van der Waals surface area contributed by atoms with E-state index in [0.717, 1.165) is 64.4 Å². The van der Waals surface area contributed by atoms with E-state index < -0.39 is 11.6 Å². The molecule has 1 aliphatic heterocycles. The van der Waals surface area contributed by atoms with Gasteiger partial charge in [0.2, 0.25) is 0 Å². The quantitative estimate of drug-likeness (QED) is 0.371. The molecule has 1 aromatic carbocycles. The molecule has 0 saturated carbocycles. The van der Waals surface area contributed by atoms with Gasteiger partial charge < -0.3 is 15.2 Å². The highest BCUT2D eigenvalue weighted by molar-refractivity contribution is 5.80. The van der Waals surface area contributed by atoms with Crippen molar-refractivity contribution < 1.29 is 8.78 Å². The van der Waals surface area contributed by atoms with E-state index in [-0.39, 0.29) is 18.2 Å². The fraction of sp³-hybridized carbons (Fsp3) is 0.571. The van der Waals surface area contributed by atoms with Crippen LogP contribution in [0.15, 0.2) is 35.8 Å². The Bertz CT molecular complexity index is 774. The Morgan fingerprint density at radius 3 is 2.70 bits per heavy atom. The van der Waals surface area contributed by atoms with Crippen molar-refractivity contribution in [2.75, 3.05) is 26.2 Å².